The lowest BCUT2D eigenvalue weighted by Crippen LogP contribution is -2.40. The van der Waals surface area contributed by atoms with E-state index in [2.05, 4.69) is 20.1 Å². The van der Waals surface area contributed by atoms with Gasteiger partial charge >= 0.3 is 6.03 Å². The zero-order valence-corrected chi connectivity index (χ0v) is 16.4. The van der Waals surface area contributed by atoms with Crippen LogP contribution in [0.2, 0.25) is 0 Å². The fourth-order valence-electron chi connectivity index (χ4n) is 2.90. The molecule has 1 aliphatic heterocycles. The first-order valence-electron chi connectivity index (χ1n) is 8.69. The summed E-state index contributed by atoms with van der Waals surface area (Å²) in [5.41, 5.74) is -0.591. The molecule has 3 heterocycles. The Labute approximate surface area is 158 Å². The lowest BCUT2D eigenvalue weighted by atomic mass is 10.1. The van der Waals surface area contributed by atoms with Gasteiger partial charge in [0.2, 0.25) is 10.0 Å². The van der Waals surface area contributed by atoms with Crippen molar-refractivity contribution in [3.05, 3.63) is 36.8 Å². The number of rotatable bonds is 4. The average Bonchev–Trinajstić information content (AvgIpc) is 3.24. The topological polar surface area (TPSA) is 109 Å². The molecule has 1 unspecified atom stereocenters. The van der Waals surface area contributed by atoms with Crippen LogP contribution in [0.5, 0.6) is 0 Å². The van der Waals surface area contributed by atoms with E-state index in [0.29, 0.717) is 18.9 Å². The average molecular weight is 392 g/mol. The van der Waals surface area contributed by atoms with Crippen LogP contribution in [0.3, 0.4) is 0 Å². The maximum atomic E-state index is 12.4. The number of carbonyl (C=O) groups excluding carboxylic acids is 1. The van der Waals surface area contributed by atoms with Crippen LogP contribution < -0.4 is 10.0 Å². The molecule has 1 aliphatic rings. The van der Waals surface area contributed by atoms with Crippen LogP contribution in [-0.4, -0.2) is 52.7 Å². The molecule has 27 heavy (non-hydrogen) atoms. The van der Waals surface area contributed by atoms with Crippen molar-refractivity contribution in [3.8, 4) is 0 Å². The van der Waals surface area contributed by atoms with Crippen LogP contribution in [0, 0.1) is 0 Å². The molecule has 9 nitrogen and oxygen atoms in total. The Kier molecular flexibility index (Phi) is 5.20. The van der Waals surface area contributed by atoms with Crippen LogP contribution in [0.25, 0.3) is 0 Å². The zero-order chi connectivity index (χ0) is 19.7. The molecule has 2 N–H and O–H groups in total. The molecule has 2 amide bonds. The second-order valence-electron chi connectivity index (χ2n) is 7.54. The molecule has 1 fully saturated rings. The largest absolute Gasteiger partial charge is 0.323 e. The van der Waals surface area contributed by atoms with Gasteiger partial charge in [0.15, 0.2) is 0 Å². The fourth-order valence-corrected chi connectivity index (χ4v) is 4.27. The highest BCUT2D eigenvalue weighted by molar-refractivity contribution is 7.89. The standard InChI is InChI=1S/C17H24N6O3S/c1-17(2,3)21-27(25,26)14-5-6-15(18-11-14)20-16(24)22-10-7-13(12-22)23-9-4-8-19-23/h4-6,8-9,11,13,21H,7,10,12H2,1-3H3,(H,18,20,24). The number of nitrogens with one attached hydrogen (secondary N) is 2. The zero-order valence-electron chi connectivity index (χ0n) is 15.6. The minimum atomic E-state index is -3.66. The van der Waals surface area contributed by atoms with Gasteiger partial charge in [-0.15, -0.1) is 0 Å². The van der Waals surface area contributed by atoms with Crippen LogP contribution in [0.4, 0.5) is 10.6 Å². The predicted octanol–water partition coefficient (Wildman–Crippen LogP) is 1.83. The van der Waals surface area contributed by atoms with E-state index in [4.69, 9.17) is 0 Å². The Bertz CT molecular complexity index is 888. The van der Waals surface area contributed by atoms with Crippen LogP contribution in [0.15, 0.2) is 41.7 Å². The summed E-state index contributed by atoms with van der Waals surface area (Å²) in [6, 6.07) is 4.66. The molecule has 0 radical (unpaired) electrons. The maximum Gasteiger partial charge on any atom is 0.323 e. The van der Waals surface area contributed by atoms with E-state index < -0.39 is 15.6 Å². The normalized spacial score (nSPS) is 17.9. The Morgan fingerprint density at radius 2 is 2.07 bits per heavy atom. The van der Waals surface area contributed by atoms with Crippen molar-refractivity contribution in [1.82, 2.24) is 24.4 Å². The number of aromatic nitrogens is 3. The van der Waals surface area contributed by atoms with Gasteiger partial charge < -0.3 is 4.90 Å². The lowest BCUT2D eigenvalue weighted by molar-refractivity contribution is 0.220. The highest BCUT2D eigenvalue weighted by Gasteiger charge is 2.28. The number of sulfonamides is 1. The maximum absolute atomic E-state index is 12.4. The number of nitrogens with zero attached hydrogens (tertiary/aromatic N) is 4. The molecule has 0 spiro atoms. The molecule has 0 saturated carbocycles. The lowest BCUT2D eigenvalue weighted by Gasteiger charge is -2.20. The summed E-state index contributed by atoms with van der Waals surface area (Å²) < 4.78 is 29.0. The van der Waals surface area contributed by atoms with E-state index in [9.17, 15) is 13.2 Å². The minimum absolute atomic E-state index is 0.0512. The first-order valence-corrected chi connectivity index (χ1v) is 10.2. The van der Waals surface area contributed by atoms with Gasteiger partial charge in [0.1, 0.15) is 10.7 Å². The summed E-state index contributed by atoms with van der Waals surface area (Å²) >= 11 is 0. The van der Waals surface area contributed by atoms with E-state index in [1.807, 2.05) is 16.9 Å². The first-order chi connectivity index (χ1) is 12.6. The third kappa shape index (κ3) is 4.83. The highest BCUT2D eigenvalue weighted by atomic mass is 32.2. The second-order valence-corrected chi connectivity index (χ2v) is 9.22. The molecule has 0 aliphatic carbocycles. The van der Waals surface area contributed by atoms with Crippen LogP contribution >= 0.6 is 0 Å². The molecule has 10 heteroatoms. The van der Waals surface area contributed by atoms with Crippen molar-refractivity contribution >= 4 is 21.9 Å². The Balaban J connectivity index is 1.61. The van der Waals surface area contributed by atoms with Gasteiger partial charge in [0.25, 0.3) is 0 Å². The first kappa shape index (κ1) is 19.3. The molecular formula is C17H24N6O3S. The summed E-state index contributed by atoms with van der Waals surface area (Å²) in [6.07, 6.45) is 5.67. The van der Waals surface area contributed by atoms with Gasteiger partial charge in [0.05, 0.1) is 6.04 Å². The molecule has 0 aromatic carbocycles. The van der Waals surface area contributed by atoms with Gasteiger partial charge in [-0.2, -0.15) is 5.10 Å². The molecular weight excluding hydrogens is 368 g/mol. The van der Waals surface area contributed by atoms with E-state index in [-0.39, 0.29) is 17.0 Å². The predicted molar refractivity (Wildman–Crippen MR) is 101 cm³/mol. The molecule has 1 atom stereocenters. The number of amides is 2. The monoisotopic (exact) mass is 392 g/mol. The third-order valence-corrected chi connectivity index (χ3v) is 5.81. The van der Waals surface area contributed by atoms with Crippen LogP contribution in [0.1, 0.15) is 33.2 Å². The molecule has 146 valence electrons. The van der Waals surface area contributed by atoms with Gasteiger partial charge in [-0.25, -0.2) is 22.9 Å². The number of carbonyl (C=O) groups is 1. The van der Waals surface area contributed by atoms with Gasteiger partial charge in [0, 0.05) is 37.2 Å². The number of hydrogen-bond acceptors (Lipinski definition) is 5. The molecule has 2 aromatic rings. The highest BCUT2D eigenvalue weighted by Crippen LogP contribution is 2.21. The second kappa shape index (κ2) is 7.28. The molecule has 2 aromatic heterocycles. The van der Waals surface area contributed by atoms with Crippen molar-refractivity contribution < 1.29 is 13.2 Å². The van der Waals surface area contributed by atoms with Gasteiger partial charge in [-0.1, -0.05) is 0 Å². The molecule has 1 saturated heterocycles. The van der Waals surface area contributed by atoms with Crippen molar-refractivity contribution in [1.29, 1.82) is 0 Å². The number of urea groups is 1. The fraction of sp³-hybridized carbons (Fsp3) is 0.471. The minimum Gasteiger partial charge on any atom is -0.322 e. The summed E-state index contributed by atoms with van der Waals surface area (Å²) in [5, 5.41) is 6.92. The number of likely N-dealkylation sites (tertiary alicyclic amines) is 1. The van der Waals surface area contributed by atoms with E-state index in [1.165, 1.54) is 18.3 Å². The summed E-state index contributed by atoms with van der Waals surface area (Å²) in [5.74, 6) is 0.303. The third-order valence-electron chi connectivity index (χ3n) is 4.07. The Morgan fingerprint density at radius 1 is 1.30 bits per heavy atom. The van der Waals surface area contributed by atoms with Gasteiger partial charge in [-0.3, -0.25) is 10.00 Å². The smallest absolute Gasteiger partial charge is 0.322 e. The van der Waals surface area contributed by atoms with Crippen molar-refractivity contribution in [2.24, 2.45) is 0 Å². The number of hydrogen-bond donors (Lipinski definition) is 2. The van der Waals surface area contributed by atoms with Gasteiger partial charge in [-0.05, 0) is 45.4 Å². The molecule has 0 bridgehead atoms. The van der Waals surface area contributed by atoms with Crippen molar-refractivity contribution in [2.75, 3.05) is 18.4 Å². The van der Waals surface area contributed by atoms with Crippen molar-refractivity contribution in [2.45, 2.75) is 43.7 Å². The summed E-state index contributed by atoms with van der Waals surface area (Å²) in [7, 11) is -3.66. The quantitative estimate of drug-likeness (QED) is 0.825. The summed E-state index contributed by atoms with van der Waals surface area (Å²) in [6.45, 7) is 6.48. The van der Waals surface area contributed by atoms with E-state index in [1.54, 1.807) is 31.9 Å². The summed E-state index contributed by atoms with van der Waals surface area (Å²) in [4.78, 5) is 18.2. The van der Waals surface area contributed by atoms with Crippen molar-refractivity contribution in [3.63, 3.8) is 0 Å². The number of anilines is 1. The van der Waals surface area contributed by atoms with Crippen LogP contribution in [-0.2, 0) is 10.0 Å². The SMILES string of the molecule is CC(C)(C)NS(=O)(=O)c1ccc(NC(=O)N2CCC(n3cccn3)C2)nc1. The van der Waals surface area contributed by atoms with E-state index >= 15 is 0 Å². The molecule has 3 rings (SSSR count). The number of pyridine rings is 1. The Hall–Kier alpha value is -2.46. The Morgan fingerprint density at radius 3 is 2.67 bits per heavy atom. The van der Waals surface area contributed by atoms with E-state index in [0.717, 1.165) is 6.42 Å².